The van der Waals surface area contributed by atoms with Gasteiger partial charge in [0.1, 0.15) is 6.04 Å². The van der Waals surface area contributed by atoms with E-state index >= 15 is 0 Å². The van der Waals surface area contributed by atoms with Gasteiger partial charge in [-0.2, -0.15) is 5.10 Å². The van der Waals surface area contributed by atoms with Gasteiger partial charge >= 0.3 is 5.97 Å². The molecule has 5 nitrogen and oxygen atoms in total. The first-order chi connectivity index (χ1) is 11.3. The molecule has 1 aromatic heterocycles. The number of aromatic amines is 1. The quantitative estimate of drug-likeness (QED) is 0.837. The summed E-state index contributed by atoms with van der Waals surface area (Å²) in [4.78, 5) is 12.5. The molecule has 2 fully saturated rings. The summed E-state index contributed by atoms with van der Waals surface area (Å²) in [5.41, 5.74) is 3.54. The number of carbonyl (C=O) groups is 1. The van der Waals surface area contributed by atoms with Crippen LogP contribution in [0.5, 0.6) is 0 Å². The largest absolute Gasteiger partial charge is 0.464 e. The number of rotatable bonds is 2. The molecule has 5 atom stereocenters. The Morgan fingerprint density at radius 3 is 3.09 bits per heavy atom. The fraction of sp³-hybridized carbons (Fsp3) is 0.556. The molecule has 2 N–H and O–H groups in total. The van der Waals surface area contributed by atoms with E-state index in [9.17, 15) is 4.79 Å². The highest BCUT2D eigenvalue weighted by atomic mass is 16.5. The third-order valence-electron chi connectivity index (χ3n) is 6.22. The van der Waals surface area contributed by atoms with Gasteiger partial charge in [-0.15, -0.1) is 0 Å². The first-order valence-corrected chi connectivity index (χ1v) is 8.67. The van der Waals surface area contributed by atoms with E-state index in [4.69, 9.17) is 4.74 Å². The Bertz CT molecular complexity index is 784. The van der Waals surface area contributed by atoms with Gasteiger partial charge in [0.15, 0.2) is 0 Å². The maximum atomic E-state index is 12.5. The Kier molecular flexibility index (Phi) is 2.75. The van der Waals surface area contributed by atoms with E-state index in [2.05, 4.69) is 21.6 Å². The average molecular weight is 311 g/mol. The predicted octanol–water partition coefficient (Wildman–Crippen LogP) is 3.05. The Balaban J connectivity index is 1.67. The van der Waals surface area contributed by atoms with Gasteiger partial charge in [0.25, 0.3) is 0 Å². The SMILES string of the molecule is CCOC(=O)[C@@H]1Nc2ccc3[nH]ncc3c2[C@H]2C3CCC(C3)[C@@H]12. The highest BCUT2D eigenvalue weighted by molar-refractivity contribution is 5.91. The van der Waals surface area contributed by atoms with E-state index in [0.29, 0.717) is 30.3 Å². The summed E-state index contributed by atoms with van der Waals surface area (Å²) in [6.45, 7) is 2.32. The number of H-pyrrole nitrogens is 1. The molecule has 2 aromatic rings. The number of carbonyl (C=O) groups excluding carboxylic acids is 1. The molecule has 3 aliphatic rings. The highest BCUT2D eigenvalue weighted by Crippen LogP contribution is 2.61. The fourth-order valence-corrected chi connectivity index (χ4v) is 5.48. The van der Waals surface area contributed by atoms with Crippen LogP contribution in [-0.4, -0.2) is 28.8 Å². The fourth-order valence-electron chi connectivity index (χ4n) is 5.48. The van der Waals surface area contributed by atoms with Crippen LogP contribution in [0, 0.1) is 17.8 Å². The number of benzene rings is 1. The average Bonchev–Trinajstić information content (AvgIpc) is 3.29. The van der Waals surface area contributed by atoms with Crippen LogP contribution in [0.4, 0.5) is 5.69 Å². The summed E-state index contributed by atoms with van der Waals surface area (Å²) in [5, 5.41) is 12.0. The molecule has 5 rings (SSSR count). The lowest BCUT2D eigenvalue weighted by Crippen LogP contribution is -2.46. The standard InChI is InChI=1S/C18H21N3O2/c1-2-23-18(22)17-15-10-4-3-9(7-10)14(15)16-11-8-19-21-12(11)5-6-13(16)20-17/h5-6,8-10,14-15,17,20H,2-4,7H2,1H3,(H,19,21)/t9?,10?,14-,15+,17+/m0/s1. The molecule has 0 saturated heterocycles. The summed E-state index contributed by atoms with van der Waals surface area (Å²) >= 11 is 0. The number of nitrogens with zero attached hydrogens (tertiary/aromatic N) is 1. The third-order valence-corrected chi connectivity index (χ3v) is 6.22. The number of hydrogen-bond acceptors (Lipinski definition) is 4. The smallest absolute Gasteiger partial charge is 0.328 e. The number of anilines is 1. The summed E-state index contributed by atoms with van der Waals surface area (Å²) in [7, 11) is 0. The zero-order chi connectivity index (χ0) is 15.6. The number of ether oxygens (including phenoxy) is 1. The third kappa shape index (κ3) is 1.73. The molecule has 1 aliphatic heterocycles. The van der Waals surface area contributed by atoms with E-state index in [1.54, 1.807) is 0 Å². The van der Waals surface area contributed by atoms with Crippen LogP contribution in [0.25, 0.3) is 10.9 Å². The molecule has 2 bridgehead atoms. The Morgan fingerprint density at radius 1 is 1.35 bits per heavy atom. The zero-order valence-electron chi connectivity index (χ0n) is 13.2. The van der Waals surface area contributed by atoms with Crippen molar-refractivity contribution in [1.82, 2.24) is 10.2 Å². The summed E-state index contributed by atoms with van der Waals surface area (Å²) < 4.78 is 5.36. The van der Waals surface area contributed by atoms with Crippen LogP contribution < -0.4 is 5.32 Å². The van der Waals surface area contributed by atoms with Crippen molar-refractivity contribution in [2.24, 2.45) is 17.8 Å². The Hall–Kier alpha value is -2.04. The van der Waals surface area contributed by atoms with Crippen LogP contribution in [0.3, 0.4) is 0 Å². The maximum absolute atomic E-state index is 12.5. The molecule has 2 aliphatic carbocycles. The topological polar surface area (TPSA) is 67.0 Å². The minimum absolute atomic E-state index is 0.0898. The first kappa shape index (κ1) is 13.4. The number of nitrogens with one attached hydrogen (secondary N) is 2. The van der Waals surface area contributed by atoms with E-state index in [0.717, 1.165) is 11.2 Å². The molecule has 2 heterocycles. The second kappa shape index (κ2) is 4.73. The predicted molar refractivity (Wildman–Crippen MR) is 87.2 cm³/mol. The number of aromatic nitrogens is 2. The van der Waals surface area contributed by atoms with Crippen molar-refractivity contribution in [2.45, 2.75) is 38.1 Å². The molecule has 1 aromatic carbocycles. The molecular formula is C18H21N3O2. The van der Waals surface area contributed by atoms with E-state index in [1.165, 1.54) is 30.2 Å². The lowest BCUT2D eigenvalue weighted by Gasteiger charge is -2.42. The second-order valence-electron chi connectivity index (χ2n) is 7.17. The van der Waals surface area contributed by atoms with E-state index < -0.39 is 0 Å². The molecule has 2 saturated carbocycles. The summed E-state index contributed by atoms with van der Waals surface area (Å²) in [5.74, 6) is 2.07. The van der Waals surface area contributed by atoms with Crippen molar-refractivity contribution < 1.29 is 9.53 Å². The van der Waals surface area contributed by atoms with Gasteiger partial charge in [-0.3, -0.25) is 5.10 Å². The molecule has 0 amide bonds. The van der Waals surface area contributed by atoms with Crippen LogP contribution in [0.15, 0.2) is 18.3 Å². The number of esters is 1. The van der Waals surface area contributed by atoms with Gasteiger partial charge in [0, 0.05) is 11.1 Å². The first-order valence-electron chi connectivity index (χ1n) is 8.67. The van der Waals surface area contributed by atoms with Gasteiger partial charge in [-0.1, -0.05) is 0 Å². The molecular weight excluding hydrogens is 290 g/mol. The zero-order valence-corrected chi connectivity index (χ0v) is 13.2. The van der Waals surface area contributed by atoms with Gasteiger partial charge in [0.2, 0.25) is 0 Å². The van der Waals surface area contributed by atoms with Crippen molar-refractivity contribution >= 4 is 22.6 Å². The Morgan fingerprint density at radius 2 is 2.22 bits per heavy atom. The number of hydrogen-bond donors (Lipinski definition) is 2. The molecule has 0 spiro atoms. The molecule has 0 radical (unpaired) electrons. The highest BCUT2D eigenvalue weighted by Gasteiger charge is 2.56. The van der Waals surface area contributed by atoms with Crippen molar-refractivity contribution in [1.29, 1.82) is 0 Å². The lowest BCUT2D eigenvalue weighted by molar-refractivity contribution is -0.146. The summed E-state index contributed by atoms with van der Waals surface area (Å²) in [6, 6.07) is 3.93. The van der Waals surface area contributed by atoms with Gasteiger partial charge in [-0.05, 0) is 67.6 Å². The van der Waals surface area contributed by atoms with Crippen molar-refractivity contribution in [3.8, 4) is 0 Å². The van der Waals surface area contributed by atoms with Gasteiger partial charge in [-0.25, -0.2) is 4.79 Å². The van der Waals surface area contributed by atoms with Crippen LogP contribution >= 0.6 is 0 Å². The number of fused-ring (bicyclic) bond motifs is 9. The monoisotopic (exact) mass is 311 g/mol. The molecule has 2 unspecified atom stereocenters. The minimum Gasteiger partial charge on any atom is -0.464 e. The lowest BCUT2D eigenvalue weighted by atomic mass is 9.68. The molecule has 120 valence electrons. The van der Waals surface area contributed by atoms with Gasteiger partial charge < -0.3 is 10.1 Å². The van der Waals surface area contributed by atoms with Crippen LogP contribution in [0.2, 0.25) is 0 Å². The van der Waals surface area contributed by atoms with Crippen molar-refractivity contribution in [3.05, 3.63) is 23.9 Å². The second-order valence-corrected chi connectivity index (χ2v) is 7.17. The van der Waals surface area contributed by atoms with Crippen LogP contribution in [-0.2, 0) is 9.53 Å². The minimum atomic E-state index is -0.202. The normalized spacial score (nSPS) is 34.0. The van der Waals surface area contributed by atoms with Crippen molar-refractivity contribution in [2.75, 3.05) is 11.9 Å². The van der Waals surface area contributed by atoms with E-state index in [-0.39, 0.29) is 12.0 Å². The molecule has 5 heteroatoms. The van der Waals surface area contributed by atoms with Gasteiger partial charge in [0.05, 0.1) is 18.3 Å². The van der Waals surface area contributed by atoms with Crippen molar-refractivity contribution in [3.63, 3.8) is 0 Å². The van der Waals surface area contributed by atoms with Crippen LogP contribution in [0.1, 0.15) is 37.7 Å². The molecule has 23 heavy (non-hydrogen) atoms. The summed E-state index contributed by atoms with van der Waals surface area (Å²) in [6.07, 6.45) is 5.72. The maximum Gasteiger partial charge on any atom is 0.328 e. The van der Waals surface area contributed by atoms with E-state index in [1.807, 2.05) is 19.2 Å². The Labute approximate surface area is 134 Å².